The van der Waals surface area contributed by atoms with Crippen LogP contribution < -0.4 is 5.73 Å². The third kappa shape index (κ3) is 2.64. The van der Waals surface area contributed by atoms with Gasteiger partial charge in [-0.2, -0.15) is 0 Å². The molecule has 1 aromatic heterocycles. The molecule has 0 radical (unpaired) electrons. The van der Waals surface area contributed by atoms with Crippen LogP contribution in [0.1, 0.15) is 28.6 Å². The maximum Gasteiger partial charge on any atom is 0.265 e. The third-order valence-corrected chi connectivity index (χ3v) is 4.76. The van der Waals surface area contributed by atoms with Gasteiger partial charge in [0.05, 0.1) is 5.02 Å². The molecule has 0 aromatic carbocycles. The van der Waals surface area contributed by atoms with E-state index in [0.29, 0.717) is 22.4 Å². The van der Waals surface area contributed by atoms with Crippen LogP contribution in [0.2, 0.25) is 5.02 Å². The van der Waals surface area contributed by atoms with E-state index in [-0.39, 0.29) is 11.9 Å². The molecular formula is C12H17ClN2OS. The normalized spacial score (nSPS) is 25.1. The molecule has 2 atom stereocenters. The van der Waals surface area contributed by atoms with E-state index >= 15 is 0 Å². The maximum absolute atomic E-state index is 12.3. The lowest BCUT2D eigenvalue weighted by Gasteiger charge is -2.34. The lowest BCUT2D eigenvalue weighted by atomic mass is 9.96. The first-order chi connectivity index (χ1) is 7.99. The average Bonchev–Trinajstić information content (AvgIpc) is 2.57. The fourth-order valence-corrected chi connectivity index (χ4v) is 3.52. The molecule has 0 spiro atoms. The summed E-state index contributed by atoms with van der Waals surface area (Å²) in [5.41, 5.74) is 6.92. The maximum atomic E-state index is 12.3. The minimum Gasteiger partial charge on any atom is -0.336 e. The zero-order valence-electron chi connectivity index (χ0n) is 10.1. The lowest BCUT2D eigenvalue weighted by molar-refractivity contribution is 0.0666. The number of hydrogen-bond donors (Lipinski definition) is 1. The molecular weight excluding hydrogens is 256 g/mol. The van der Waals surface area contributed by atoms with E-state index in [4.69, 9.17) is 17.3 Å². The smallest absolute Gasteiger partial charge is 0.265 e. The molecule has 2 rings (SSSR count). The van der Waals surface area contributed by atoms with E-state index in [0.717, 1.165) is 18.5 Å². The first kappa shape index (κ1) is 12.9. The predicted molar refractivity (Wildman–Crippen MR) is 71.7 cm³/mol. The molecule has 17 heavy (non-hydrogen) atoms. The molecule has 1 saturated heterocycles. The Morgan fingerprint density at radius 3 is 2.82 bits per heavy atom. The van der Waals surface area contributed by atoms with Gasteiger partial charge in [0.2, 0.25) is 0 Å². The second kappa shape index (κ2) is 4.96. The highest BCUT2D eigenvalue weighted by Crippen LogP contribution is 2.29. The van der Waals surface area contributed by atoms with Gasteiger partial charge in [-0.15, -0.1) is 11.3 Å². The standard InChI is InChI=1S/C12H17ClN2OS/c1-7-3-9(14)5-15(4-7)12(16)11-10(13)8(2)6-17-11/h6-7,9H,3-5,14H2,1-2H3. The van der Waals surface area contributed by atoms with Gasteiger partial charge >= 0.3 is 0 Å². The summed E-state index contributed by atoms with van der Waals surface area (Å²) < 4.78 is 0. The number of likely N-dealkylation sites (tertiary alicyclic amines) is 1. The highest BCUT2D eigenvalue weighted by molar-refractivity contribution is 7.13. The monoisotopic (exact) mass is 272 g/mol. The van der Waals surface area contributed by atoms with Gasteiger partial charge < -0.3 is 10.6 Å². The number of carbonyl (C=O) groups is 1. The molecule has 1 fully saturated rings. The molecule has 3 nitrogen and oxygen atoms in total. The quantitative estimate of drug-likeness (QED) is 0.854. The summed E-state index contributed by atoms with van der Waals surface area (Å²) in [6.07, 6.45) is 0.987. The van der Waals surface area contributed by atoms with Gasteiger partial charge in [-0.05, 0) is 30.2 Å². The average molecular weight is 273 g/mol. The van der Waals surface area contributed by atoms with Crippen molar-refractivity contribution in [2.75, 3.05) is 13.1 Å². The predicted octanol–water partition coefficient (Wildman–Crippen LogP) is 2.52. The Balaban J connectivity index is 2.17. The van der Waals surface area contributed by atoms with Crippen LogP contribution in [-0.2, 0) is 0 Å². The Morgan fingerprint density at radius 2 is 2.29 bits per heavy atom. The molecule has 94 valence electrons. The first-order valence-electron chi connectivity index (χ1n) is 5.77. The number of nitrogens with two attached hydrogens (primary N) is 1. The van der Waals surface area contributed by atoms with Crippen molar-refractivity contribution in [3.8, 4) is 0 Å². The summed E-state index contributed by atoms with van der Waals surface area (Å²) in [6, 6.07) is 0.0857. The van der Waals surface area contributed by atoms with Crippen molar-refractivity contribution in [2.24, 2.45) is 11.7 Å². The van der Waals surface area contributed by atoms with E-state index < -0.39 is 0 Å². The topological polar surface area (TPSA) is 46.3 Å². The molecule has 0 aliphatic carbocycles. The van der Waals surface area contributed by atoms with Crippen molar-refractivity contribution in [2.45, 2.75) is 26.3 Å². The molecule has 0 saturated carbocycles. The Morgan fingerprint density at radius 1 is 1.59 bits per heavy atom. The summed E-state index contributed by atoms with van der Waals surface area (Å²) >= 11 is 7.54. The number of rotatable bonds is 1. The number of aryl methyl sites for hydroxylation is 1. The Bertz CT molecular complexity index is 422. The van der Waals surface area contributed by atoms with Crippen LogP contribution in [0.25, 0.3) is 0 Å². The number of piperidine rings is 1. The number of carbonyl (C=O) groups excluding carboxylic acids is 1. The SMILES string of the molecule is Cc1csc(C(=O)N2CC(C)CC(N)C2)c1Cl. The molecule has 2 N–H and O–H groups in total. The molecule has 2 unspecified atom stereocenters. The van der Waals surface area contributed by atoms with Crippen LogP contribution >= 0.6 is 22.9 Å². The van der Waals surface area contributed by atoms with Gasteiger partial charge in [-0.3, -0.25) is 4.79 Å². The highest BCUT2D eigenvalue weighted by Gasteiger charge is 2.28. The van der Waals surface area contributed by atoms with Crippen molar-refractivity contribution in [3.05, 3.63) is 20.8 Å². The molecule has 5 heteroatoms. The van der Waals surface area contributed by atoms with Crippen LogP contribution in [-0.4, -0.2) is 29.9 Å². The zero-order chi connectivity index (χ0) is 12.6. The number of hydrogen-bond acceptors (Lipinski definition) is 3. The molecule has 1 amide bonds. The first-order valence-corrected chi connectivity index (χ1v) is 7.03. The van der Waals surface area contributed by atoms with E-state index in [1.54, 1.807) is 0 Å². The van der Waals surface area contributed by atoms with E-state index in [2.05, 4.69) is 6.92 Å². The number of nitrogens with zero attached hydrogens (tertiary/aromatic N) is 1. The van der Waals surface area contributed by atoms with Crippen molar-refractivity contribution >= 4 is 28.8 Å². The van der Waals surface area contributed by atoms with Gasteiger partial charge in [-0.1, -0.05) is 18.5 Å². The Hall–Kier alpha value is -0.580. The molecule has 0 bridgehead atoms. The molecule has 2 heterocycles. The minimum atomic E-state index is 0.0232. The molecule has 1 aliphatic rings. The van der Waals surface area contributed by atoms with E-state index in [1.807, 2.05) is 17.2 Å². The summed E-state index contributed by atoms with van der Waals surface area (Å²) in [5, 5.41) is 2.51. The van der Waals surface area contributed by atoms with Crippen LogP contribution in [0.3, 0.4) is 0 Å². The molecule has 1 aliphatic heterocycles. The summed E-state index contributed by atoms with van der Waals surface area (Å²) in [5.74, 6) is 0.484. The van der Waals surface area contributed by atoms with Crippen LogP contribution in [0.5, 0.6) is 0 Å². The van der Waals surface area contributed by atoms with Crippen molar-refractivity contribution in [1.29, 1.82) is 0 Å². The Labute approximate surface area is 111 Å². The van der Waals surface area contributed by atoms with Gasteiger partial charge in [0.1, 0.15) is 4.88 Å². The lowest BCUT2D eigenvalue weighted by Crippen LogP contribution is -2.48. The third-order valence-electron chi connectivity index (χ3n) is 3.07. The van der Waals surface area contributed by atoms with Crippen molar-refractivity contribution in [3.63, 3.8) is 0 Å². The molecule has 1 aromatic rings. The Kier molecular flexibility index (Phi) is 3.76. The van der Waals surface area contributed by atoms with Crippen LogP contribution in [0.15, 0.2) is 5.38 Å². The zero-order valence-corrected chi connectivity index (χ0v) is 11.6. The van der Waals surface area contributed by atoms with E-state index in [9.17, 15) is 4.79 Å². The van der Waals surface area contributed by atoms with Gasteiger partial charge in [-0.25, -0.2) is 0 Å². The second-order valence-corrected chi connectivity index (χ2v) is 6.13. The minimum absolute atomic E-state index is 0.0232. The van der Waals surface area contributed by atoms with Gasteiger partial charge in [0, 0.05) is 19.1 Å². The summed E-state index contributed by atoms with van der Waals surface area (Å²) in [4.78, 5) is 14.8. The van der Waals surface area contributed by atoms with Crippen LogP contribution in [0.4, 0.5) is 0 Å². The highest BCUT2D eigenvalue weighted by atomic mass is 35.5. The van der Waals surface area contributed by atoms with Crippen molar-refractivity contribution < 1.29 is 4.79 Å². The number of halogens is 1. The van der Waals surface area contributed by atoms with Crippen LogP contribution in [0, 0.1) is 12.8 Å². The largest absolute Gasteiger partial charge is 0.336 e. The summed E-state index contributed by atoms with van der Waals surface area (Å²) in [7, 11) is 0. The fourth-order valence-electron chi connectivity index (χ4n) is 2.28. The van der Waals surface area contributed by atoms with E-state index in [1.165, 1.54) is 11.3 Å². The van der Waals surface area contributed by atoms with Gasteiger partial charge in [0.15, 0.2) is 0 Å². The fraction of sp³-hybridized carbons (Fsp3) is 0.583. The number of amides is 1. The summed E-state index contributed by atoms with van der Waals surface area (Å²) in [6.45, 7) is 5.46. The second-order valence-electron chi connectivity index (χ2n) is 4.87. The van der Waals surface area contributed by atoms with Crippen molar-refractivity contribution in [1.82, 2.24) is 4.90 Å². The van der Waals surface area contributed by atoms with Gasteiger partial charge in [0.25, 0.3) is 5.91 Å². The number of thiophene rings is 1.